The van der Waals surface area contributed by atoms with Gasteiger partial charge in [0.25, 0.3) is 5.91 Å². The summed E-state index contributed by atoms with van der Waals surface area (Å²) in [6.45, 7) is 2.47. The SMILES string of the molecule is CCOc1c(I)cc(/C=N\NC(=O)CSc2nc3ccccc3[nH]2)cc1OC. The van der Waals surface area contributed by atoms with Gasteiger partial charge in [-0.3, -0.25) is 4.79 Å². The highest BCUT2D eigenvalue weighted by molar-refractivity contribution is 14.1. The van der Waals surface area contributed by atoms with Gasteiger partial charge in [0.1, 0.15) is 0 Å². The topological polar surface area (TPSA) is 88.6 Å². The summed E-state index contributed by atoms with van der Waals surface area (Å²) in [4.78, 5) is 19.6. The highest BCUT2D eigenvalue weighted by atomic mass is 127. The summed E-state index contributed by atoms with van der Waals surface area (Å²) >= 11 is 3.51. The van der Waals surface area contributed by atoms with E-state index < -0.39 is 0 Å². The number of ether oxygens (including phenoxy) is 2. The second-order valence-corrected chi connectivity index (χ2v) is 7.73. The fourth-order valence-electron chi connectivity index (χ4n) is 2.44. The number of nitrogens with one attached hydrogen (secondary N) is 2. The zero-order valence-corrected chi connectivity index (χ0v) is 18.3. The number of hydrogen-bond donors (Lipinski definition) is 2. The largest absolute Gasteiger partial charge is 0.493 e. The van der Waals surface area contributed by atoms with Crippen LogP contribution in [0.5, 0.6) is 11.5 Å². The van der Waals surface area contributed by atoms with Crippen LogP contribution in [-0.2, 0) is 4.79 Å². The normalized spacial score (nSPS) is 11.1. The summed E-state index contributed by atoms with van der Waals surface area (Å²) in [6.07, 6.45) is 1.57. The average Bonchev–Trinajstić information content (AvgIpc) is 3.11. The number of nitrogens with zero attached hydrogens (tertiary/aromatic N) is 2. The van der Waals surface area contributed by atoms with Gasteiger partial charge in [-0.15, -0.1) is 0 Å². The third kappa shape index (κ3) is 5.16. The monoisotopic (exact) mass is 510 g/mol. The van der Waals surface area contributed by atoms with Gasteiger partial charge in [0, 0.05) is 0 Å². The molecule has 2 aromatic carbocycles. The van der Waals surface area contributed by atoms with Crippen LogP contribution >= 0.6 is 34.4 Å². The summed E-state index contributed by atoms with van der Waals surface area (Å²) in [6, 6.07) is 11.5. The number of rotatable bonds is 8. The highest BCUT2D eigenvalue weighted by Gasteiger charge is 2.10. The number of carbonyl (C=O) groups is 1. The molecule has 28 heavy (non-hydrogen) atoms. The van der Waals surface area contributed by atoms with Crippen molar-refractivity contribution < 1.29 is 14.3 Å². The molecule has 0 aliphatic rings. The maximum absolute atomic E-state index is 12.0. The molecule has 0 radical (unpaired) electrons. The number of aromatic nitrogens is 2. The van der Waals surface area contributed by atoms with Crippen LogP contribution in [0.2, 0.25) is 0 Å². The van der Waals surface area contributed by atoms with E-state index >= 15 is 0 Å². The molecule has 0 atom stereocenters. The fraction of sp³-hybridized carbons (Fsp3) is 0.211. The van der Waals surface area contributed by atoms with Crippen LogP contribution in [0.4, 0.5) is 0 Å². The number of amides is 1. The Morgan fingerprint density at radius 1 is 1.39 bits per heavy atom. The van der Waals surface area contributed by atoms with Gasteiger partial charge in [-0.1, -0.05) is 23.9 Å². The maximum atomic E-state index is 12.0. The van der Waals surface area contributed by atoms with Crippen molar-refractivity contribution in [3.05, 3.63) is 45.5 Å². The zero-order chi connectivity index (χ0) is 19.9. The van der Waals surface area contributed by atoms with Crippen LogP contribution in [0.15, 0.2) is 46.7 Å². The van der Waals surface area contributed by atoms with Gasteiger partial charge in [-0.25, -0.2) is 10.4 Å². The maximum Gasteiger partial charge on any atom is 0.250 e. The molecule has 0 aliphatic heterocycles. The summed E-state index contributed by atoms with van der Waals surface area (Å²) in [5, 5.41) is 4.72. The predicted octanol–water partition coefficient (Wildman–Crippen LogP) is 3.82. The summed E-state index contributed by atoms with van der Waals surface area (Å²) in [7, 11) is 1.59. The Morgan fingerprint density at radius 3 is 2.96 bits per heavy atom. The van der Waals surface area contributed by atoms with E-state index in [1.165, 1.54) is 11.8 Å². The molecule has 0 spiro atoms. The Hall–Kier alpha value is -2.27. The third-order valence-corrected chi connectivity index (χ3v) is 5.33. The highest BCUT2D eigenvalue weighted by Crippen LogP contribution is 2.33. The first-order valence-corrected chi connectivity index (χ1v) is 10.6. The number of thioether (sulfide) groups is 1. The van der Waals surface area contributed by atoms with Crippen molar-refractivity contribution in [2.24, 2.45) is 5.10 Å². The Kier molecular flexibility index (Phi) is 7.15. The first-order valence-electron chi connectivity index (χ1n) is 8.50. The summed E-state index contributed by atoms with van der Waals surface area (Å²) in [5.74, 6) is 1.33. The molecular formula is C19H19IN4O3S. The van der Waals surface area contributed by atoms with Gasteiger partial charge in [0.2, 0.25) is 0 Å². The van der Waals surface area contributed by atoms with Gasteiger partial charge in [-0.2, -0.15) is 5.10 Å². The van der Waals surface area contributed by atoms with Crippen molar-refractivity contribution in [1.29, 1.82) is 0 Å². The molecule has 1 amide bonds. The van der Waals surface area contributed by atoms with Crippen molar-refractivity contribution >= 4 is 57.5 Å². The lowest BCUT2D eigenvalue weighted by atomic mass is 10.2. The van der Waals surface area contributed by atoms with Gasteiger partial charge in [0.05, 0.1) is 40.3 Å². The zero-order valence-electron chi connectivity index (χ0n) is 15.4. The van der Waals surface area contributed by atoms with Crippen molar-refractivity contribution in [2.75, 3.05) is 19.5 Å². The van der Waals surface area contributed by atoms with Crippen LogP contribution in [-0.4, -0.2) is 41.6 Å². The second-order valence-electron chi connectivity index (χ2n) is 5.61. The van der Waals surface area contributed by atoms with Crippen molar-refractivity contribution in [3.8, 4) is 11.5 Å². The molecule has 0 aliphatic carbocycles. The average molecular weight is 510 g/mol. The Labute approximate surface area is 180 Å². The molecule has 7 nitrogen and oxygen atoms in total. The lowest BCUT2D eigenvalue weighted by Crippen LogP contribution is -2.19. The van der Waals surface area contributed by atoms with Crippen LogP contribution < -0.4 is 14.9 Å². The van der Waals surface area contributed by atoms with Crippen molar-refractivity contribution in [1.82, 2.24) is 15.4 Å². The summed E-state index contributed by atoms with van der Waals surface area (Å²) in [5.41, 5.74) is 5.15. The van der Waals surface area contributed by atoms with E-state index in [9.17, 15) is 4.79 Å². The van der Waals surface area contributed by atoms with Gasteiger partial charge in [0.15, 0.2) is 16.7 Å². The third-order valence-electron chi connectivity index (χ3n) is 3.65. The lowest BCUT2D eigenvalue weighted by molar-refractivity contribution is -0.118. The molecule has 2 N–H and O–H groups in total. The number of halogens is 1. The van der Waals surface area contributed by atoms with Gasteiger partial charge in [-0.05, 0) is 59.3 Å². The smallest absolute Gasteiger partial charge is 0.250 e. The number of H-pyrrole nitrogens is 1. The molecule has 0 bridgehead atoms. The van der Waals surface area contributed by atoms with Gasteiger partial charge < -0.3 is 14.5 Å². The molecular weight excluding hydrogens is 491 g/mol. The molecule has 0 saturated carbocycles. The van der Waals surface area contributed by atoms with Gasteiger partial charge >= 0.3 is 0 Å². The first kappa shape index (κ1) is 20.5. The predicted molar refractivity (Wildman–Crippen MR) is 119 cm³/mol. The van der Waals surface area contributed by atoms with Crippen LogP contribution in [0.25, 0.3) is 11.0 Å². The van der Waals surface area contributed by atoms with Crippen molar-refractivity contribution in [3.63, 3.8) is 0 Å². The number of para-hydroxylation sites is 2. The molecule has 0 unspecified atom stereocenters. The number of hydrazone groups is 1. The van der Waals surface area contributed by atoms with E-state index in [1.807, 2.05) is 43.3 Å². The Bertz CT molecular complexity index is 973. The first-order chi connectivity index (χ1) is 13.6. The minimum Gasteiger partial charge on any atom is -0.493 e. The molecule has 3 aromatic rings. The van der Waals surface area contributed by atoms with E-state index in [1.54, 1.807) is 13.3 Å². The number of benzene rings is 2. The number of hydrogen-bond acceptors (Lipinski definition) is 6. The van der Waals surface area contributed by atoms with E-state index in [-0.39, 0.29) is 11.7 Å². The Morgan fingerprint density at radius 2 is 2.21 bits per heavy atom. The van der Waals surface area contributed by atoms with Crippen molar-refractivity contribution in [2.45, 2.75) is 12.1 Å². The van der Waals surface area contributed by atoms with E-state index in [4.69, 9.17) is 9.47 Å². The molecule has 1 aromatic heterocycles. The Balaban J connectivity index is 1.56. The number of carbonyl (C=O) groups excluding carboxylic acids is 1. The standard InChI is InChI=1S/C19H19IN4O3S/c1-3-27-18-13(20)8-12(9-16(18)26-2)10-21-24-17(25)11-28-19-22-14-6-4-5-7-15(14)23-19/h4-10H,3,11H2,1-2H3,(H,22,23)(H,24,25)/b21-10-. The van der Waals surface area contributed by atoms with E-state index in [2.05, 4.69) is 43.1 Å². The number of imidazole rings is 1. The molecule has 1 heterocycles. The number of fused-ring (bicyclic) bond motifs is 1. The molecule has 0 fully saturated rings. The fourth-order valence-corrected chi connectivity index (χ4v) is 3.90. The van der Waals surface area contributed by atoms with Crippen LogP contribution in [0.1, 0.15) is 12.5 Å². The minimum absolute atomic E-state index is 0.210. The quantitative estimate of drug-likeness (QED) is 0.208. The minimum atomic E-state index is -0.214. The molecule has 146 valence electrons. The summed E-state index contributed by atoms with van der Waals surface area (Å²) < 4.78 is 11.9. The number of methoxy groups -OCH3 is 1. The van der Waals surface area contributed by atoms with Crippen LogP contribution in [0.3, 0.4) is 0 Å². The number of aromatic amines is 1. The van der Waals surface area contributed by atoms with E-state index in [0.29, 0.717) is 23.3 Å². The van der Waals surface area contributed by atoms with Crippen LogP contribution in [0, 0.1) is 3.57 Å². The lowest BCUT2D eigenvalue weighted by Gasteiger charge is -2.12. The molecule has 3 rings (SSSR count). The molecule has 0 saturated heterocycles. The second kappa shape index (κ2) is 9.78. The van der Waals surface area contributed by atoms with E-state index in [0.717, 1.165) is 20.2 Å². The molecule has 9 heteroatoms.